The fourth-order valence-electron chi connectivity index (χ4n) is 2.90. The monoisotopic (exact) mass is 274 g/mol. The fourth-order valence-corrected chi connectivity index (χ4v) is 2.90. The zero-order valence-corrected chi connectivity index (χ0v) is 11.5. The van der Waals surface area contributed by atoms with Crippen LogP contribution in [0.2, 0.25) is 0 Å². The number of benzene rings is 1. The summed E-state index contributed by atoms with van der Waals surface area (Å²) in [7, 11) is 0. The van der Waals surface area contributed by atoms with E-state index in [1.807, 2.05) is 13.0 Å². The molecule has 0 atom stereocenters. The fraction of sp³-hybridized carbons (Fsp3) is 0.467. The highest BCUT2D eigenvalue weighted by Gasteiger charge is 2.22. The molecule has 0 bridgehead atoms. The average Bonchev–Trinajstić information content (AvgIpc) is 2.92. The molecule has 2 aromatic rings. The summed E-state index contributed by atoms with van der Waals surface area (Å²) < 4.78 is 5.20. The van der Waals surface area contributed by atoms with Crippen molar-refractivity contribution in [3.05, 3.63) is 17.7 Å². The van der Waals surface area contributed by atoms with Gasteiger partial charge in [0, 0.05) is 6.07 Å². The second kappa shape index (κ2) is 5.15. The number of hydrogen-bond donors (Lipinski definition) is 2. The molecule has 106 valence electrons. The van der Waals surface area contributed by atoms with Crippen molar-refractivity contribution in [1.82, 2.24) is 9.97 Å². The van der Waals surface area contributed by atoms with Crippen molar-refractivity contribution in [2.24, 2.45) is 0 Å². The van der Waals surface area contributed by atoms with Gasteiger partial charge < -0.3 is 14.9 Å². The van der Waals surface area contributed by atoms with Gasteiger partial charge in [-0.2, -0.15) is 9.97 Å². The Hall–Kier alpha value is -2.04. The minimum atomic E-state index is -0.0994. The van der Waals surface area contributed by atoms with Crippen LogP contribution in [0.1, 0.15) is 44.1 Å². The Morgan fingerprint density at radius 1 is 1.20 bits per heavy atom. The highest BCUT2D eigenvalue weighted by Crippen LogP contribution is 2.41. The van der Waals surface area contributed by atoms with E-state index in [-0.39, 0.29) is 17.6 Å². The molecule has 1 heterocycles. The lowest BCUT2D eigenvalue weighted by Gasteiger charge is -2.13. The van der Waals surface area contributed by atoms with Crippen LogP contribution < -0.4 is 4.74 Å². The first-order valence-electron chi connectivity index (χ1n) is 7.05. The molecule has 0 aliphatic heterocycles. The zero-order valence-electron chi connectivity index (χ0n) is 11.5. The molecule has 1 aromatic heterocycles. The number of aromatic hydroxyl groups is 2. The molecule has 5 heteroatoms. The Balaban J connectivity index is 2.10. The minimum Gasteiger partial charge on any atom is -0.508 e. The Labute approximate surface area is 117 Å². The van der Waals surface area contributed by atoms with Crippen LogP contribution in [-0.2, 0) is 0 Å². The van der Waals surface area contributed by atoms with Gasteiger partial charge in [-0.05, 0) is 37.3 Å². The number of phenolic OH excluding ortho intramolecular Hbond substituents is 1. The van der Waals surface area contributed by atoms with Crippen molar-refractivity contribution in [1.29, 1.82) is 0 Å². The molecule has 0 saturated heterocycles. The molecular weight excluding hydrogens is 256 g/mol. The van der Waals surface area contributed by atoms with Crippen molar-refractivity contribution in [3.63, 3.8) is 0 Å². The molecule has 2 N–H and O–H groups in total. The second-order valence-electron chi connectivity index (χ2n) is 5.17. The summed E-state index contributed by atoms with van der Waals surface area (Å²) in [5.41, 5.74) is 1.39. The van der Waals surface area contributed by atoms with E-state index in [0.29, 0.717) is 23.4 Å². The van der Waals surface area contributed by atoms with E-state index in [1.165, 1.54) is 12.8 Å². The van der Waals surface area contributed by atoms with E-state index in [0.717, 1.165) is 18.4 Å². The number of nitrogens with zero attached hydrogens (tertiary/aromatic N) is 2. The van der Waals surface area contributed by atoms with Crippen LogP contribution in [0.25, 0.3) is 10.9 Å². The van der Waals surface area contributed by atoms with Crippen LogP contribution in [0, 0.1) is 0 Å². The summed E-state index contributed by atoms with van der Waals surface area (Å²) in [5.74, 6) is 0.507. The molecule has 20 heavy (non-hydrogen) atoms. The van der Waals surface area contributed by atoms with Gasteiger partial charge in [0.15, 0.2) is 0 Å². The smallest absolute Gasteiger partial charge is 0.320 e. The van der Waals surface area contributed by atoms with Gasteiger partial charge >= 0.3 is 6.01 Å². The molecule has 1 aliphatic rings. The Kier molecular flexibility index (Phi) is 3.34. The molecule has 3 rings (SSSR count). The van der Waals surface area contributed by atoms with Crippen LogP contribution in [0.3, 0.4) is 0 Å². The second-order valence-corrected chi connectivity index (χ2v) is 5.17. The first-order chi connectivity index (χ1) is 9.69. The maximum Gasteiger partial charge on any atom is 0.320 e. The lowest BCUT2D eigenvalue weighted by atomic mass is 9.95. The lowest BCUT2D eigenvalue weighted by molar-refractivity contribution is 0.307. The quantitative estimate of drug-likeness (QED) is 0.899. The summed E-state index contributed by atoms with van der Waals surface area (Å²) >= 11 is 0. The van der Waals surface area contributed by atoms with Gasteiger partial charge in [-0.15, -0.1) is 0 Å². The van der Waals surface area contributed by atoms with Gasteiger partial charge in [-0.1, -0.05) is 12.8 Å². The first kappa shape index (κ1) is 13.0. The standard InChI is InChI=1S/C15H18N2O3/c1-2-20-15-16-12-8-13(18)10(9-5-3-4-6-9)7-11(12)14(19)17-15/h7-9,18H,2-6H2,1H3,(H,16,17,19). The van der Waals surface area contributed by atoms with Crippen LogP contribution in [0.4, 0.5) is 0 Å². The maximum atomic E-state index is 10.2. The van der Waals surface area contributed by atoms with Gasteiger partial charge in [0.2, 0.25) is 5.88 Å². The van der Waals surface area contributed by atoms with Crippen molar-refractivity contribution in [2.45, 2.75) is 38.5 Å². The van der Waals surface area contributed by atoms with Crippen LogP contribution >= 0.6 is 0 Å². The van der Waals surface area contributed by atoms with Crippen LogP contribution in [0.15, 0.2) is 12.1 Å². The highest BCUT2D eigenvalue weighted by molar-refractivity contribution is 5.86. The summed E-state index contributed by atoms with van der Waals surface area (Å²) in [5, 5.41) is 20.8. The maximum absolute atomic E-state index is 10.2. The van der Waals surface area contributed by atoms with E-state index < -0.39 is 0 Å². The minimum absolute atomic E-state index is 0.0994. The predicted molar refractivity (Wildman–Crippen MR) is 75.2 cm³/mol. The molecule has 0 unspecified atom stereocenters. The Morgan fingerprint density at radius 2 is 1.95 bits per heavy atom. The zero-order chi connectivity index (χ0) is 14.1. The normalized spacial score (nSPS) is 15.8. The number of phenols is 1. The van der Waals surface area contributed by atoms with Gasteiger partial charge in [-0.3, -0.25) is 0 Å². The van der Waals surface area contributed by atoms with Crippen molar-refractivity contribution < 1.29 is 14.9 Å². The van der Waals surface area contributed by atoms with E-state index in [2.05, 4.69) is 9.97 Å². The van der Waals surface area contributed by atoms with Crippen LogP contribution in [0.5, 0.6) is 17.6 Å². The topological polar surface area (TPSA) is 75.5 Å². The van der Waals surface area contributed by atoms with Gasteiger partial charge in [0.25, 0.3) is 0 Å². The molecule has 0 spiro atoms. The van der Waals surface area contributed by atoms with E-state index in [1.54, 1.807) is 6.07 Å². The predicted octanol–water partition coefficient (Wildman–Crippen LogP) is 3.10. The van der Waals surface area contributed by atoms with Crippen molar-refractivity contribution in [3.8, 4) is 17.6 Å². The summed E-state index contributed by atoms with van der Waals surface area (Å²) in [6.07, 6.45) is 4.54. The van der Waals surface area contributed by atoms with Gasteiger partial charge in [0.1, 0.15) is 5.75 Å². The third kappa shape index (κ3) is 2.24. The van der Waals surface area contributed by atoms with Crippen molar-refractivity contribution >= 4 is 10.9 Å². The molecule has 1 aromatic carbocycles. The first-order valence-corrected chi connectivity index (χ1v) is 7.05. The summed E-state index contributed by atoms with van der Waals surface area (Å²) in [6.45, 7) is 2.25. The highest BCUT2D eigenvalue weighted by atomic mass is 16.5. The van der Waals surface area contributed by atoms with Gasteiger partial charge in [-0.25, -0.2) is 0 Å². The van der Waals surface area contributed by atoms with Gasteiger partial charge in [0.05, 0.1) is 17.5 Å². The lowest BCUT2D eigenvalue weighted by Crippen LogP contribution is -1.99. The summed E-state index contributed by atoms with van der Waals surface area (Å²) in [6, 6.07) is 3.53. The largest absolute Gasteiger partial charge is 0.508 e. The van der Waals surface area contributed by atoms with E-state index in [9.17, 15) is 10.2 Å². The Bertz CT molecular complexity index is 637. The molecule has 1 saturated carbocycles. The third-order valence-corrected chi connectivity index (χ3v) is 3.87. The number of aromatic nitrogens is 2. The molecular formula is C15H18N2O3. The number of hydrogen-bond acceptors (Lipinski definition) is 5. The molecule has 1 fully saturated rings. The van der Waals surface area contributed by atoms with Crippen LogP contribution in [-0.4, -0.2) is 26.8 Å². The molecule has 0 amide bonds. The molecule has 5 nitrogen and oxygen atoms in total. The SMILES string of the molecule is CCOc1nc(O)c2cc(C3CCCC3)c(O)cc2n1. The molecule has 1 aliphatic carbocycles. The number of fused-ring (bicyclic) bond motifs is 1. The third-order valence-electron chi connectivity index (χ3n) is 3.87. The summed E-state index contributed by atoms with van der Waals surface area (Å²) in [4.78, 5) is 8.13. The van der Waals surface area contributed by atoms with Crippen molar-refractivity contribution in [2.75, 3.05) is 6.61 Å². The Morgan fingerprint density at radius 3 is 2.65 bits per heavy atom. The number of rotatable bonds is 3. The van der Waals surface area contributed by atoms with E-state index >= 15 is 0 Å². The molecule has 0 radical (unpaired) electrons. The van der Waals surface area contributed by atoms with E-state index in [4.69, 9.17) is 4.74 Å². The average molecular weight is 274 g/mol. The number of ether oxygens (including phenoxy) is 1.